The molecule has 8 heteroatoms. The van der Waals surface area contributed by atoms with Crippen molar-refractivity contribution in [1.82, 2.24) is 42.5 Å². The maximum absolute atomic E-state index is 4.49. The second-order valence-electron chi connectivity index (χ2n) is 20.9. The van der Waals surface area contributed by atoms with Crippen LogP contribution in [0.5, 0.6) is 0 Å². The molecule has 0 aromatic heterocycles. The molecule has 272 valence electrons. The Labute approximate surface area is 292 Å². The van der Waals surface area contributed by atoms with Crippen molar-refractivity contribution in [3.8, 4) is 0 Å². The normalized spacial score (nSPS) is 54.5. The number of fused-ring (bicyclic) bond motifs is 18. The summed E-state index contributed by atoms with van der Waals surface area (Å²) in [6.45, 7) is 20.0. The van der Waals surface area contributed by atoms with Crippen LogP contribution in [-0.2, 0) is 0 Å². The van der Waals surface area contributed by atoms with Crippen LogP contribution in [0.25, 0.3) is 0 Å². The summed E-state index contributed by atoms with van der Waals surface area (Å²) in [6.07, 6.45) is 19.4. The minimum Gasteiger partial charge on any atom is -0.286 e. The molecule has 48 heavy (non-hydrogen) atoms. The average Bonchev–Trinajstić information content (AvgIpc) is 3.68. The first kappa shape index (κ1) is 33.5. The first-order valence-electron chi connectivity index (χ1n) is 20.9. The van der Waals surface area contributed by atoms with Gasteiger partial charge in [-0.1, -0.05) is 93.9 Å². The van der Waals surface area contributed by atoms with Gasteiger partial charge in [0, 0.05) is 21.7 Å². The van der Waals surface area contributed by atoms with Gasteiger partial charge in [0.05, 0.1) is 49.3 Å². The van der Waals surface area contributed by atoms with Crippen LogP contribution >= 0.6 is 0 Å². The van der Waals surface area contributed by atoms with Crippen molar-refractivity contribution in [2.45, 2.75) is 182 Å². The molecule has 0 aromatic carbocycles. The molecule has 8 nitrogen and oxygen atoms in total. The van der Waals surface area contributed by atoms with E-state index in [4.69, 9.17) is 0 Å². The molecule has 0 spiro atoms. The van der Waals surface area contributed by atoms with Crippen LogP contribution in [0.3, 0.4) is 0 Å². The standard InChI is InChI=1S/C40H72N8/c1-37(2)33-44-29-25-19-17-21-13-9-11-15-23(21)27(25)31(41-29)43-32-28-24-16-12-10-14-22(24)18-20-26(28)30(42-32)45-34-38(3,4)40(7,8)36(47-34)48-35(46-33)39(37,5)6/h21-36,41-48H,9-20H2,1-8H3. The van der Waals surface area contributed by atoms with Crippen LogP contribution in [0.15, 0.2) is 0 Å². The number of hydrogen-bond acceptors (Lipinski definition) is 8. The van der Waals surface area contributed by atoms with E-state index in [1.54, 1.807) is 0 Å². The second kappa shape index (κ2) is 11.6. The summed E-state index contributed by atoms with van der Waals surface area (Å²) < 4.78 is 0. The molecule has 9 fully saturated rings. The van der Waals surface area contributed by atoms with E-state index in [0.717, 1.165) is 23.7 Å². The Morgan fingerprint density at radius 3 is 1.04 bits per heavy atom. The van der Waals surface area contributed by atoms with Crippen molar-refractivity contribution >= 4 is 0 Å². The third kappa shape index (κ3) is 4.81. The largest absolute Gasteiger partial charge is 0.286 e. The maximum Gasteiger partial charge on any atom is 0.0654 e. The Bertz CT molecular complexity index is 1130. The summed E-state index contributed by atoms with van der Waals surface area (Å²) >= 11 is 0. The summed E-state index contributed by atoms with van der Waals surface area (Å²) in [6, 6.07) is 0. The predicted octanol–water partition coefficient (Wildman–Crippen LogP) is 5.15. The highest BCUT2D eigenvalue weighted by Gasteiger charge is 2.62. The molecule has 0 amide bonds. The SMILES string of the molecule is CC1(C)C2NC3NC(NC4NC(NC5NC(NC(N2)C1(C)C)C(C)(C)C5(C)C)C1CCC2CCCCC2C41)C1C2CCCCC2CCC31. The third-order valence-corrected chi connectivity index (χ3v) is 18.3. The van der Waals surface area contributed by atoms with Gasteiger partial charge in [0.1, 0.15) is 0 Å². The Balaban J connectivity index is 1.11. The summed E-state index contributed by atoms with van der Waals surface area (Å²) in [5.74, 6) is 6.35. The molecule has 5 aliphatic heterocycles. The molecule has 5 saturated heterocycles. The second-order valence-corrected chi connectivity index (χ2v) is 20.9. The van der Waals surface area contributed by atoms with Gasteiger partial charge in [-0.25, -0.2) is 0 Å². The molecule has 8 bridgehead atoms. The molecule has 0 radical (unpaired) electrons. The molecule has 16 unspecified atom stereocenters. The quantitative estimate of drug-likeness (QED) is 0.180. The van der Waals surface area contributed by atoms with Crippen LogP contribution in [0, 0.1) is 69.0 Å². The van der Waals surface area contributed by atoms with Gasteiger partial charge in [0.25, 0.3) is 0 Å². The lowest BCUT2D eigenvalue weighted by atomic mass is 9.60. The van der Waals surface area contributed by atoms with Crippen LogP contribution in [0.1, 0.15) is 132 Å². The highest BCUT2D eigenvalue weighted by Crippen LogP contribution is 2.56. The van der Waals surface area contributed by atoms with Crippen molar-refractivity contribution in [1.29, 1.82) is 0 Å². The highest BCUT2D eigenvalue weighted by atomic mass is 15.4. The molecule has 9 aliphatic rings. The van der Waals surface area contributed by atoms with Crippen molar-refractivity contribution < 1.29 is 0 Å². The van der Waals surface area contributed by atoms with E-state index >= 15 is 0 Å². The van der Waals surface area contributed by atoms with Gasteiger partial charge >= 0.3 is 0 Å². The molecule has 16 atom stereocenters. The molecular weight excluding hydrogens is 592 g/mol. The van der Waals surface area contributed by atoms with Crippen molar-refractivity contribution in [2.24, 2.45) is 69.0 Å². The topological polar surface area (TPSA) is 96.2 Å². The summed E-state index contributed by atoms with van der Waals surface area (Å²) in [5.41, 5.74) is 0.223. The van der Waals surface area contributed by atoms with Crippen molar-refractivity contribution in [3.05, 3.63) is 0 Å². The zero-order valence-corrected chi connectivity index (χ0v) is 31.7. The van der Waals surface area contributed by atoms with Gasteiger partial charge in [-0.2, -0.15) is 0 Å². The summed E-state index contributed by atoms with van der Waals surface area (Å²) in [4.78, 5) is 0. The first-order chi connectivity index (χ1) is 22.8. The van der Waals surface area contributed by atoms with Gasteiger partial charge < -0.3 is 0 Å². The molecule has 9 rings (SSSR count). The molecular formula is C40H72N8. The molecule has 0 aromatic rings. The Morgan fingerprint density at radius 2 is 0.646 bits per heavy atom. The van der Waals surface area contributed by atoms with Crippen molar-refractivity contribution in [3.63, 3.8) is 0 Å². The van der Waals surface area contributed by atoms with E-state index in [2.05, 4.69) is 97.9 Å². The molecule has 4 aliphatic carbocycles. The molecule has 4 saturated carbocycles. The number of nitrogens with one attached hydrogen (secondary N) is 8. The Morgan fingerprint density at radius 1 is 0.312 bits per heavy atom. The van der Waals surface area contributed by atoms with Crippen LogP contribution < -0.4 is 42.5 Å². The summed E-state index contributed by atoms with van der Waals surface area (Å²) in [7, 11) is 0. The fourth-order valence-electron chi connectivity index (χ4n) is 13.7. The zero-order valence-electron chi connectivity index (χ0n) is 31.7. The average molecular weight is 665 g/mol. The van der Waals surface area contributed by atoms with Gasteiger partial charge in [-0.3, -0.25) is 42.5 Å². The Kier molecular flexibility index (Phi) is 8.09. The van der Waals surface area contributed by atoms with E-state index in [-0.39, 0.29) is 46.3 Å². The third-order valence-electron chi connectivity index (χ3n) is 18.3. The monoisotopic (exact) mass is 665 g/mol. The minimum absolute atomic E-state index is 0.0508. The van der Waals surface area contributed by atoms with Crippen LogP contribution in [0.2, 0.25) is 0 Å². The lowest BCUT2D eigenvalue weighted by Gasteiger charge is -2.48. The van der Waals surface area contributed by atoms with E-state index in [9.17, 15) is 0 Å². The number of hydrogen-bond donors (Lipinski definition) is 8. The molecule has 5 heterocycles. The lowest BCUT2D eigenvalue weighted by molar-refractivity contribution is 0.0266. The van der Waals surface area contributed by atoms with E-state index in [0.29, 0.717) is 48.3 Å². The van der Waals surface area contributed by atoms with Gasteiger partial charge in [0.2, 0.25) is 0 Å². The highest BCUT2D eigenvalue weighted by molar-refractivity contribution is 5.15. The fourth-order valence-corrected chi connectivity index (χ4v) is 13.7. The van der Waals surface area contributed by atoms with E-state index in [1.165, 1.54) is 77.0 Å². The first-order valence-corrected chi connectivity index (χ1v) is 20.9. The Hall–Kier alpha value is -0.320. The van der Waals surface area contributed by atoms with Gasteiger partial charge in [-0.15, -0.1) is 0 Å². The maximum atomic E-state index is 4.49. The van der Waals surface area contributed by atoms with Crippen LogP contribution in [-0.4, -0.2) is 49.3 Å². The van der Waals surface area contributed by atoms with E-state index < -0.39 is 0 Å². The van der Waals surface area contributed by atoms with Crippen molar-refractivity contribution in [2.75, 3.05) is 0 Å². The van der Waals surface area contributed by atoms with Crippen LogP contribution in [0.4, 0.5) is 0 Å². The van der Waals surface area contributed by atoms with Gasteiger partial charge in [0.15, 0.2) is 0 Å². The van der Waals surface area contributed by atoms with Gasteiger partial charge in [-0.05, 0) is 85.9 Å². The predicted molar refractivity (Wildman–Crippen MR) is 194 cm³/mol. The number of rotatable bonds is 0. The molecule has 8 N–H and O–H groups in total. The lowest BCUT2D eigenvalue weighted by Crippen LogP contribution is -2.62. The minimum atomic E-state index is 0.0508. The zero-order chi connectivity index (χ0) is 33.4. The smallest absolute Gasteiger partial charge is 0.0654 e. The fraction of sp³-hybridized carbons (Fsp3) is 1.00. The summed E-state index contributed by atoms with van der Waals surface area (Å²) in [5, 5.41) is 34.4. The van der Waals surface area contributed by atoms with E-state index in [1.807, 2.05) is 0 Å².